The third kappa shape index (κ3) is 14.3. The van der Waals surface area contributed by atoms with Crippen molar-refractivity contribution in [1.29, 1.82) is 0 Å². The van der Waals surface area contributed by atoms with Crippen molar-refractivity contribution in [1.82, 2.24) is 0 Å². The molecule has 0 aliphatic carbocycles. The van der Waals surface area contributed by atoms with Gasteiger partial charge in [0.1, 0.15) is 0 Å². The molecule has 0 atom stereocenters. The molecule has 0 radical (unpaired) electrons. The maximum Gasteiger partial charge on any atom is 2.00 e. The van der Waals surface area contributed by atoms with Crippen LogP contribution in [0, 0.1) is 0 Å². The van der Waals surface area contributed by atoms with Crippen LogP contribution in [0.2, 0.25) is 0 Å². The van der Waals surface area contributed by atoms with Crippen LogP contribution in [-0.2, 0) is 37.3 Å². The van der Waals surface area contributed by atoms with E-state index < -0.39 is 11.9 Å². The number of hydrogen-bond acceptors (Lipinski definition) is 4. The van der Waals surface area contributed by atoms with E-state index in [2.05, 4.69) is 31.9 Å². The number of aliphatic carboxylic acids is 2. The summed E-state index contributed by atoms with van der Waals surface area (Å²) in [6.45, 7) is 2.90. The van der Waals surface area contributed by atoms with E-state index in [-0.39, 0.29) is 38.8 Å². The zero-order chi connectivity index (χ0) is 11.7. The third-order valence-electron chi connectivity index (χ3n) is 0.971. The monoisotopic (exact) mass is 528 g/mol. The topological polar surface area (TPSA) is 80.3 Å². The van der Waals surface area contributed by atoms with E-state index in [1.807, 2.05) is 0 Å². The molecule has 0 saturated carbocycles. The molecule has 0 heterocycles. The summed E-state index contributed by atoms with van der Waals surface area (Å²) in [5, 5.41) is 19.4. The van der Waals surface area contributed by atoms with E-state index in [9.17, 15) is 19.8 Å². The van der Waals surface area contributed by atoms with Crippen molar-refractivity contribution in [2.24, 2.45) is 0 Å². The first kappa shape index (κ1) is 20.7. The second-order valence-corrected chi connectivity index (χ2v) is 3.07. The van der Waals surface area contributed by atoms with Crippen molar-refractivity contribution >= 4 is 43.8 Å². The Balaban J connectivity index is -0.000000180. The standard InChI is InChI=1S/2C4H5BrO2.Hg/c2*1-3(2-5)4(6)7;/h2*2H,1H3,(H,6,7);/q;;+2/p-2. The maximum absolute atomic E-state index is 9.72. The van der Waals surface area contributed by atoms with E-state index >= 15 is 0 Å². The van der Waals surface area contributed by atoms with Gasteiger partial charge in [-0.3, -0.25) is 0 Å². The van der Waals surface area contributed by atoms with Gasteiger partial charge in [-0.25, -0.2) is 0 Å². The summed E-state index contributed by atoms with van der Waals surface area (Å²) in [6, 6.07) is 0. The SMILES string of the molecule is CC(=CBr)C(=O)[O-].CC(=CBr)C(=O)[O-].[Hg+2]. The molecule has 0 N–H and O–H groups in total. The molecule has 0 saturated heterocycles. The summed E-state index contributed by atoms with van der Waals surface area (Å²) >= 11 is 5.66. The van der Waals surface area contributed by atoms with Gasteiger partial charge >= 0.3 is 27.7 Å². The number of carboxylic acids is 2. The fraction of sp³-hybridized carbons (Fsp3) is 0.250. The van der Waals surface area contributed by atoms with Crippen LogP contribution in [0.15, 0.2) is 21.1 Å². The van der Waals surface area contributed by atoms with E-state index in [0.717, 1.165) is 0 Å². The van der Waals surface area contributed by atoms with Gasteiger partial charge in [-0.15, -0.1) is 0 Å². The number of carboxylic acid groups (broad SMARTS) is 2. The average molecular weight is 529 g/mol. The molecule has 0 aromatic heterocycles. The summed E-state index contributed by atoms with van der Waals surface area (Å²) in [7, 11) is 0. The predicted molar refractivity (Wildman–Crippen MR) is 55.4 cm³/mol. The van der Waals surface area contributed by atoms with Crippen molar-refractivity contribution in [3.8, 4) is 0 Å². The minimum atomic E-state index is -1.14. The van der Waals surface area contributed by atoms with Crippen molar-refractivity contribution in [3.63, 3.8) is 0 Å². The molecule has 0 spiro atoms. The molecule has 0 aromatic rings. The Kier molecular flexibility index (Phi) is 17.1. The Morgan fingerprint density at radius 1 is 0.933 bits per heavy atom. The third-order valence-corrected chi connectivity index (χ3v) is 2.34. The van der Waals surface area contributed by atoms with Gasteiger partial charge in [-0.05, 0) is 35.0 Å². The number of carbonyl (C=O) groups excluding carboxylic acids is 2. The molecular formula is C8H8Br2HgO4. The zero-order valence-electron chi connectivity index (χ0n) is 8.25. The van der Waals surface area contributed by atoms with E-state index in [1.165, 1.54) is 23.8 Å². The number of halogens is 2. The van der Waals surface area contributed by atoms with Gasteiger partial charge in [0, 0.05) is 0 Å². The Morgan fingerprint density at radius 2 is 1.13 bits per heavy atom. The smallest absolute Gasteiger partial charge is 0.545 e. The number of carbonyl (C=O) groups is 2. The van der Waals surface area contributed by atoms with Gasteiger partial charge < -0.3 is 19.8 Å². The molecule has 0 bridgehead atoms. The molecule has 0 fully saturated rings. The van der Waals surface area contributed by atoms with Gasteiger partial charge in [0.25, 0.3) is 0 Å². The summed E-state index contributed by atoms with van der Waals surface area (Å²) in [6.07, 6.45) is 0. The second kappa shape index (κ2) is 12.4. The van der Waals surface area contributed by atoms with Crippen LogP contribution in [0.25, 0.3) is 0 Å². The second-order valence-electron chi connectivity index (χ2n) is 2.16. The van der Waals surface area contributed by atoms with Crippen LogP contribution in [0.5, 0.6) is 0 Å². The van der Waals surface area contributed by atoms with E-state index in [0.29, 0.717) is 0 Å². The molecule has 0 aromatic carbocycles. The largest absolute Gasteiger partial charge is 2.00 e. The van der Waals surface area contributed by atoms with Crippen LogP contribution < -0.4 is 10.2 Å². The first-order chi connectivity index (χ1) is 6.36. The summed E-state index contributed by atoms with van der Waals surface area (Å²) < 4.78 is 0. The zero-order valence-corrected chi connectivity index (χ0v) is 16.9. The maximum atomic E-state index is 9.72. The minimum absolute atomic E-state index is 0. The Bertz CT molecular complexity index is 246. The van der Waals surface area contributed by atoms with Crippen LogP contribution in [0.1, 0.15) is 13.8 Å². The molecule has 0 rings (SSSR count). The minimum Gasteiger partial charge on any atom is -0.545 e. The van der Waals surface area contributed by atoms with E-state index in [1.54, 1.807) is 0 Å². The van der Waals surface area contributed by atoms with Gasteiger partial charge in [0.15, 0.2) is 0 Å². The van der Waals surface area contributed by atoms with Crippen LogP contribution in [0.3, 0.4) is 0 Å². The quantitative estimate of drug-likeness (QED) is 0.376. The average Bonchev–Trinajstić information content (AvgIpc) is 2.15. The molecule has 0 aliphatic heterocycles. The Morgan fingerprint density at radius 3 is 1.13 bits per heavy atom. The first-order valence-electron chi connectivity index (χ1n) is 3.33. The summed E-state index contributed by atoms with van der Waals surface area (Å²) in [5.41, 5.74) is 0.389. The van der Waals surface area contributed by atoms with Crippen molar-refractivity contribution in [2.45, 2.75) is 13.8 Å². The fourth-order valence-corrected chi connectivity index (χ4v) is 0.463. The molecule has 4 nitrogen and oxygen atoms in total. The van der Waals surface area contributed by atoms with Crippen molar-refractivity contribution < 1.29 is 47.5 Å². The van der Waals surface area contributed by atoms with Crippen LogP contribution in [-0.4, -0.2) is 11.9 Å². The fourth-order valence-electron chi connectivity index (χ4n) is 0.0891. The normalized spacial score (nSPS) is 10.7. The number of hydrogen-bond donors (Lipinski definition) is 0. The van der Waals surface area contributed by atoms with Gasteiger partial charge in [-0.1, -0.05) is 31.9 Å². The van der Waals surface area contributed by atoms with Gasteiger partial charge in [-0.2, -0.15) is 0 Å². The molecule has 15 heavy (non-hydrogen) atoms. The molecular weight excluding hydrogens is 520 g/mol. The molecule has 80 valence electrons. The Labute approximate surface area is 125 Å². The molecule has 0 amide bonds. The molecule has 7 heteroatoms. The van der Waals surface area contributed by atoms with Crippen LogP contribution >= 0.6 is 31.9 Å². The van der Waals surface area contributed by atoms with Crippen molar-refractivity contribution in [3.05, 3.63) is 21.1 Å². The molecule has 0 aliphatic rings. The predicted octanol–water partition coefficient (Wildman–Crippen LogP) is 0.0675. The van der Waals surface area contributed by atoms with E-state index in [4.69, 9.17) is 0 Å². The van der Waals surface area contributed by atoms with Gasteiger partial charge in [0.05, 0.1) is 11.9 Å². The Hall–Kier alpha value is 0.315. The van der Waals surface area contributed by atoms with Crippen molar-refractivity contribution in [2.75, 3.05) is 0 Å². The van der Waals surface area contributed by atoms with Gasteiger partial charge in [0.2, 0.25) is 0 Å². The number of rotatable bonds is 2. The summed E-state index contributed by atoms with van der Waals surface area (Å²) in [4.78, 5) is 22.1. The summed E-state index contributed by atoms with van der Waals surface area (Å²) in [5.74, 6) is -2.28. The molecule has 0 unspecified atom stereocenters. The van der Waals surface area contributed by atoms with Crippen LogP contribution in [0.4, 0.5) is 0 Å². The first-order valence-corrected chi connectivity index (χ1v) is 5.16.